The SMILES string of the molecule is CCC(C)(C)P(=S)(Cl)Cl. The first-order chi connectivity index (χ1) is 3.81. The monoisotopic (exact) mass is 204 g/mol. The van der Waals surface area contributed by atoms with Gasteiger partial charge in [0.25, 0.3) is 0 Å². The molecule has 9 heavy (non-hydrogen) atoms. The van der Waals surface area contributed by atoms with Gasteiger partial charge in [-0.3, -0.25) is 0 Å². The van der Waals surface area contributed by atoms with Crippen molar-refractivity contribution in [3.8, 4) is 0 Å². The fourth-order valence-corrected chi connectivity index (χ4v) is 1.66. The quantitative estimate of drug-likeness (QED) is 0.614. The second-order valence-corrected chi connectivity index (χ2v) is 11.2. The Balaban J connectivity index is 4.34. The van der Waals surface area contributed by atoms with Gasteiger partial charge in [0.15, 0.2) is 0 Å². The van der Waals surface area contributed by atoms with Crippen LogP contribution in [0, 0.1) is 0 Å². The fraction of sp³-hybridized carbons (Fsp3) is 1.00. The molecule has 0 saturated carbocycles. The van der Waals surface area contributed by atoms with Crippen molar-refractivity contribution >= 4 is 39.0 Å². The molecule has 0 radical (unpaired) electrons. The highest BCUT2D eigenvalue weighted by atomic mass is 35.9. The number of hydrogen-bond donors (Lipinski definition) is 0. The molecule has 0 aromatic heterocycles. The summed E-state index contributed by atoms with van der Waals surface area (Å²) in [5.74, 6) is 0. The van der Waals surface area contributed by atoms with Gasteiger partial charge in [-0.05, 0) is 6.42 Å². The van der Waals surface area contributed by atoms with Gasteiger partial charge in [-0.2, -0.15) is 0 Å². The summed E-state index contributed by atoms with van der Waals surface area (Å²) in [4.78, 5) is 0. The Hall–Kier alpha value is 1.23. The van der Waals surface area contributed by atoms with Crippen LogP contribution in [0.1, 0.15) is 27.2 Å². The molecule has 0 aliphatic carbocycles. The summed E-state index contributed by atoms with van der Waals surface area (Å²) in [5.41, 5.74) is 0. The molecule has 0 N–H and O–H groups in total. The summed E-state index contributed by atoms with van der Waals surface area (Å²) in [6, 6.07) is 0. The Kier molecular flexibility index (Phi) is 3.51. The number of hydrogen-bond acceptors (Lipinski definition) is 1. The molecule has 0 aliphatic rings. The third-order valence-electron chi connectivity index (χ3n) is 1.57. The lowest BCUT2D eigenvalue weighted by atomic mass is 10.1. The zero-order valence-corrected chi connectivity index (χ0v) is 9.04. The molecule has 0 unspecified atom stereocenters. The second-order valence-electron chi connectivity index (χ2n) is 2.63. The molecule has 0 spiro atoms. The predicted octanol–water partition coefficient (Wildman–Crippen LogP) is 3.96. The Bertz CT molecular complexity index is 138. The Labute approximate surface area is 71.5 Å². The second kappa shape index (κ2) is 3.09. The van der Waals surface area contributed by atoms with Crippen molar-refractivity contribution in [1.82, 2.24) is 0 Å². The standard InChI is InChI=1S/C5H11Cl2PS/c1-4-5(2,3)8(6,7)9/h4H2,1-3H3. The zero-order valence-electron chi connectivity index (χ0n) is 5.82. The van der Waals surface area contributed by atoms with E-state index in [2.05, 4.69) is 0 Å². The van der Waals surface area contributed by atoms with Crippen molar-refractivity contribution in [3.63, 3.8) is 0 Å². The van der Waals surface area contributed by atoms with Crippen molar-refractivity contribution in [2.24, 2.45) is 0 Å². The van der Waals surface area contributed by atoms with E-state index in [0.717, 1.165) is 6.42 Å². The summed E-state index contributed by atoms with van der Waals surface area (Å²) in [6.07, 6.45) is 0.942. The van der Waals surface area contributed by atoms with E-state index in [4.69, 9.17) is 34.3 Å². The van der Waals surface area contributed by atoms with Crippen LogP contribution < -0.4 is 0 Å². The maximum Gasteiger partial charge on any atom is 0.125 e. The van der Waals surface area contributed by atoms with Gasteiger partial charge in [-0.15, -0.1) is 0 Å². The van der Waals surface area contributed by atoms with E-state index in [9.17, 15) is 0 Å². The van der Waals surface area contributed by atoms with Gasteiger partial charge in [0.2, 0.25) is 0 Å². The first-order valence-electron chi connectivity index (χ1n) is 2.80. The number of halogens is 2. The average molecular weight is 205 g/mol. The van der Waals surface area contributed by atoms with Gasteiger partial charge in [0.1, 0.15) is 4.74 Å². The molecule has 0 bridgehead atoms. The van der Waals surface area contributed by atoms with Gasteiger partial charge in [0, 0.05) is 5.16 Å². The van der Waals surface area contributed by atoms with Crippen molar-refractivity contribution in [1.29, 1.82) is 0 Å². The molecule has 0 aromatic rings. The van der Waals surface area contributed by atoms with E-state index in [1.807, 2.05) is 20.8 Å². The molecule has 0 heterocycles. The molecule has 4 heteroatoms. The molecule has 56 valence electrons. The van der Waals surface area contributed by atoms with Gasteiger partial charge in [-0.1, -0.05) is 55.1 Å². The molecule has 0 rings (SSSR count). The highest BCUT2D eigenvalue weighted by Crippen LogP contribution is 2.68. The minimum Gasteiger partial charge on any atom is -0.0678 e. The minimum absolute atomic E-state index is 0.0640. The van der Waals surface area contributed by atoms with Crippen LogP contribution in [0.15, 0.2) is 0 Å². The summed E-state index contributed by atoms with van der Waals surface area (Å²) in [7, 11) is 0. The third-order valence-corrected chi connectivity index (χ3v) is 7.52. The molecular formula is C5H11Cl2PS. The summed E-state index contributed by atoms with van der Waals surface area (Å²) in [6.45, 7) is 6.06. The molecule has 0 fully saturated rings. The highest BCUT2D eigenvalue weighted by Gasteiger charge is 2.30. The van der Waals surface area contributed by atoms with Crippen molar-refractivity contribution in [3.05, 3.63) is 0 Å². The number of rotatable bonds is 2. The maximum atomic E-state index is 5.82. The van der Waals surface area contributed by atoms with Crippen LogP contribution in [-0.2, 0) is 11.8 Å². The zero-order chi connectivity index (χ0) is 7.71. The molecule has 0 amide bonds. The fourth-order valence-electron chi connectivity index (χ4n) is 0.184. The Morgan fingerprint density at radius 1 is 1.44 bits per heavy atom. The molecule has 0 aliphatic heterocycles. The summed E-state index contributed by atoms with van der Waals surface area (Å²) >= 11 is 16.6. The lowest BCUT2D eigenvalue weighted by Crippen LogP contribution is -2.12. The molecular weight excluding hydrogens is 194 g/mol. The van der Waals surface area contributed by atoms with Gasteiger partial charge >= 0.3 is 0 Å². The van der Waals surface area contributed by atoms with E-state index in [-0.39, 0.29) is 5.16 Å². The topological polar surface area (TPSA) is 0 Å². The molecule has 0 aromatic carbocycles. The first kappa shape index (κ1) is 10.2. The molecule has 0 nitrogen and oxygen atoms in total. The summed E-state index contributed by atoms with van der Waals surface area (Å²) in [5, 5.41) is -0.0640. The van der Waals surface area contributed by atoms with Crippen LogP contribution in [0.3, 0.4) is 0 Å². The minimum atomic E-state index is -2.09. The first-order valence-corrected chi connectivity index (χ1v) is 7.42. The van der Waals surface area contributed by atoms with Gasteiger partial charge in [0.05, 0.1) is 0 Å². The molecule has 0 saturated heterocycles. The van der Waals surface area contributed by atoms with Crippen LogP contribution >= 0.6 is 27.2 Å². The molecule has 0 atom stereocenters. The van der Waals surface area contributed by atoms with Crippen LogP contribution in [0.4, 0.5) is 0 Å². The average Bonchev–Trinajstić information content (AvgIpc) is 1.64. The van der Waals surface area contributed by atoms with Crippen molar-refractivity contribution in [2.75, 3.05) is 0 Å². The predicted molar refractivity (Wildman–Crippen MR) is 50.4 cm³/mol. The Morgan fingerprint density at radius 3 is 1.78 bits per heavy atom. The largest absolute Gasteiger partial charge is 0.125 e. The van der Waals surface area contributed by atoms with Crippen molar-refractivity contribution in [2.45, 2.75) is 32.3 Å². The lowest BCUT2D eigenvalue weighted by Gasteiger charge is -2.26. The lowest BCUT2D eigenvalue weighted by molar-refractivity contribution is 0.680. The normalized spacial score (nSPS) is 13.9. The van der Waals surface area contributed by atoms with Crippen LogP contribution in [0.2, 0.25) is 0 Å². The summed E-state index contributed by atoms with van der Waals surface area (Å²) < 4.78 is -2.09. The van der Waals surface area contributed by atoms with E-state index in [1.165, 1.54) is 0 Å². The van der Waals surface area contributed by atoms with Crippen LogP contribution in [0.25, 0.3) is 0 Å². The van der Waals surface area contributed by atoms with E-state index in [1.54, 1.807) is 0 Å². The van der Waals surface area contributed by atoms with Gasteiger partial charge in [-0.25, -0.2) is 0 Å². The Morgan fingerprint density at radius 2 is 1.78 bits per heavy atom. The van der Waals surface area contributed by atoms with E-state index >= 15 is 0 Å². The van der Waals surface area contributed by atoms with Crippen LogP contribution in [0.5, 0.6) is 0 Å². The highest BCUT2D eigenvalue weighted by molar-refractivity contribution is 8.39. The van der Waals surface area contributed by atoms with E-state index in [0.29, 0.717) is 0 Å². The van der Waals surface area contributed by atoms with Crippen molar-refractivity contribution < 1.29 is 0 Å². The van der Waals surface area contributed by atoms with Gasteiger partial charge < -0.3 is 0 Å². The van der Waals surface area contributed by atoms with Crippen LogP contribution in [-0.4, -0.2) is 5.16 Å². The maximum absolute atomic E-state index is 5.82. The third kappa shape index (κ3) is 2.76. The van der Waals surface area contributed by atoms with E-state index < -0.39 is 4.74 Å². The smallest absolute Gasteiger partial charge is 0.0678 e.